The molecule has 0 amide bonds. The molecule has 2 aromatic carbocycles. The molecule has 0 saturated carbocycles. The van der Waals surface area contributed by atoms with Crippen LogP contribution in [-0.4, -0.2) is 46.6 Å². The smallest absolute Gasteiger partial charge is 0.164 e. The minimum Gasteiger partial charge on any atom is -0.369 e. The van der Waals surface area contributed by atoms with E-state index in [1.165, 1.54) is 0 Å². The van der Waals surface area contributed by atoms with Crippen LogP contribution >= 0.6 is 11.6 Å². The predicted molar refractivity (Wildman–Crippen MR) is 123 cm³/mol. The Bertz CT molecular complexity index is 1180. The molecular weight excluding hydrogens is 382 g/mol. The molecule has 0 atom stereocenters. The van der Waals surface area contributed by atoms with E-state index in [9.17, 15) is 0 Å². The number of hydrogen-bond acceptors (Lipinski definition) is 4. The minimum absolute atomic E-state index is 0.717. The summed E-state index contributed by atoms with van der Waals surface area (Å²) in [5.74, 6) is 1.60. The Morgan fingerprint density at radius 1 is 1.07 bits per heavy atom. The van der Waals surface area contributed by atoms with Gasteiger partial charge in [-0.1, -0.05) is 35.9 Å². The zero-order valence-electron chi connectivity index (χ0n) is 17.3. The summed E-state index contributed by atoms with van der Waals surface area (Å²) in [5.41, 5.74) is 4.11. The number of hydrogen-bond donors (Lipinski definition) is 1. The van der Waals surface area contributed by atoms with Crippen LogP contribution in [0.3, 0.4) is 0 Å². The number of fused-ring (bicyclic) bond motifs is 2. The van der Waals surface area contributed by atoms with Crippen LogP contribution in [0.25, 0.3) is 33.2 Å². The highest BCUT2D eigenvalue weighted by Gasteiger charge is 2.16. The van der Waals surface area contributed by atoms with Gasteiger partial charge < -0.3 is 14.8 Å². The first-order valence-corrected chi connectivity index (χ1v) is 10.2. The van der Waals surface area contributed by atoms with E-state index in [1.54, 1.807) is 0 Å². The molecule has 0 spiro atoms. The summed E-state index contributed by atoms with van der Waals surface area (Å²) in [6.07, 6.45) is 3.11. The van der Waals surface area contributed by atoms with Crippen molar-refractivity contribution in [1.82, 2.24) is 19.4 Å². The highest BCUT2D eigenvalue weighted by Crippen LogP contribution is 2.34. The molecule has 0 aliphatic carbocycles. The van der Waals surface area contributed by atoms with Gasteiger partial charge >= 0.3 is 0 Å². The van der Waals surface area contributed by atoms with Gasteiger partial charge in [0, 0.05) is 36.1 Å². The molecule has 0 bridgehead atoms. The number of aryl methyl sites for hydroxylation is 2. The molecule has 29 heavy (non-hydrogen) atoms. The summed E-state index contributed by atoms with van der Waals surface area (Å²) in [5, 5.41) is 6.38. The van der Waals surface area contributed by atoms with E-state index in [0.717, 1.165) is 69.1 Å². The van der Waals surface area contributed by atoms with Crippen LogP contribution in [0.5, 0.6) is 0 Å². The van der Waals surface area contributed by atoms with E-state index in [4.69, 9.17) is 21.6 Å². The van der Waals surface area contributed by atoms with Crippen molar-refractivity contribution in [2.24, 2.45) is 7.05 Å². The lowest BCUT2D eigenvalue weighted by Crippen LogP contribution is -2.17. The molecule has 0 unspecified atom stereocenters. The molecule has 4 aromatic rings. The van der Waals surface area contributed by atoms with E-state index in [-0.39, 0.29) is 0 Å². The van der Waals surface area contributed by atoms with E-state index < -0.39 is 0 Å². The van der Waals surface area contributed by atoms with Gasteiger partial charge in [-0.2, -0.15) is 0 Å². The van der Waals surface area contributed by atoms with E-state index in [1.807, 2.05) is 23.7 Å². The molecule has 1 N–H and O–H groups in total. The molecule has 0 saturated heterocycles. The van der Waals surface area contributed by atoms with Crippen LogP contribution in [0.1, 0.15) is 12.0 Å². The average Bonchev–Trinajstić information content (AvgIpc) is 3.03. The van der Waals surface area contributed by atoms with Gasteiger partial charge in [-0.3, -0.25) is 0 Å². The molecule has 6 heteroatoms. The lowest BCUT2D eigenvalue weighted by Gasteiger charge is -2.13. The van der Waals surface area contributed by atoms with Gasteiger partial charge in [-0.25, -0.2) is 9.97 Å². The maximum atomic E-state index is 6.45. The first kappa shape index (κ1) is 19.7. The number of para-hydroxylation sites is 2. The summed E-state index contributed by atoms with van der Waals surface area (Å²) in [4.78, 5) is 12.1. The van der Waals surface area contributed by atoms with Crippen LogP contribution in [0, 0.1) is 6.92 Å². The molecule has 4 rings (SSSR count). The molecule has 0 aliphatic heterocycles. The Balaban J connectivity index is 1.83. The van der Waals surface area contributed by atoms with Crippen molar-refractivity contribution in [3.8, 4) is 11.4 Å². The molecule has 0 fully saturated rings. The van der Waals surface area contributed by atoms with Crippen LogP contribution in [0.2, 0.25) is 5.02 Å². The van der Waals surface area contributed by atoms with Crippen LogP contribution in [0.4, 0.5) is 5.82 Å². The Morgan fingerprint density at radius 3 is 2.62 bits per heavy atom. The van der Waals surface area contributed by atoms with Gasteiger partial charge in [-0.05, 0) is 51.7 Å². The zero-order valence-corrected chi connectivity index (χ0v) is 18.1. The van der Waals surface area contributed by atoms with E-state index in [0.29, 0.717) is 0 Å². The van der Waals surface area contributed by atoms with Crippen molar-refractivity contribution in [1.29, 1.82) is 0 Å². The Kier molecular flexibility index (Phi) is 5.43. The lowest BCUT2D eigenvalue weighted by molar-refractivity contribution is 0.405. The van der Waals surface area contributed by atoms with Crippen LogP contribution in [-0.2, 0) is 7.05 Å². The molecule has 0 aliphatic rings. The second kappa shape index (κ2) is 8.01. The number of nitrogens with one attached hydrogen (secondary N) is 1. The second-order valence-electron chi connectivity index (χ2n) is 7.74. The standard InChI is InChI=1S/C23H26ClN5/c1-15-8-5-10-17-20(15)26-23(27-22(17)25-12-7-13-28(2)3)18-14-29(4)21-16(18)9-6-11-19(21)24/h5-6,8-11,14H,7,12-13H2,1-4H3,(H,25,26,27). The van der Waals surface area contributed by atoms with Crippen LogP contribution in [0.15, 0.2) is 42.6 Å². The first-order chi connectivity index (χ1) is 14.0. The predicted octanol–water partition coefficient (Wildman–Crippen LogP) is 5.11. The highest BCUT2D eigenvalue weighted by molar-refractivity contribution is 6.35. The van der Waals surface area contributed by atoms with Crippen LogP contribution < -0.4 is 5.32 Å². The SMILES string of the molecule is Cc1cccc2c(NCCCN(C)C)nc(-c3cn(C)c4c(Cl)cccc34)nc12. The summed E-state index contributed by atoms with van der Waals surface area (Å²) in [6.45, 7) is 3.98. The fourth-order valence-electron chi connectivity index (χ4n) is 3.75. The number of rotatable bonds is 6. The number of nitrogens with zero attached hydrogens (tertiary/aromatic N) is 4. The molecule has 0 radical (unpaired) electrons. The number of halogens is 1. The molecule has 5 nitrogen and oxygen atoms in total. The molecule has 2 heterocycles. The Hall–Kier alpha value is -2.63. The fraction of sp³-hybridized carbons (Fsp3) is 0.304. The van der Waals surface area contributed by atoms with Crippen molar-refractivity contribution < 1.29 is 0 Å². The normalized spacial score (nSPS) is 11.7. The maximum absolute atomic E-state index is 6.45. The summed E-state index contributed by atoms with van der Waals surface area (Å²) in [7, 11) is 6.19. The van der Waals surface area contributed by atoms with Gasteiger partial charge in [0.05, 0.1) is 16.1 Å². The summed E-state index contributed by atoms with van der Waals surface area (Å²) in [6, 6.07) is 12.2. The summed E-state index contributed by atoms with van der Waals surface area (Å²) < 4.78 is 2.04. The highest BCUT2D eigenvalue weighted by atomic mass is 35.5. The fourth-order valence-corrected chi connectivity index (χ4v) is 4.06. The van der Waals surface area contributed by atoms with Crippen molar-refractivity contribution in [2.75, 3.05) is 32.5 Å². The van der Waals surface area contributed by atoms with Crippen molar-refractivity contribution in [2.45, 2.75) is 13.3 Å². The Morgan fingerprint density at radius 2 is 1.83 bits per heavy atom. The van der Waals surface area contributed by atoms with E-state index in [2.05, 4.69) is 61.7 Å². The van der Waals surface area contributed by atoms with Crippen molar-refractivity contribution in [3.63, 3.8) is 0 Å². The molecular formula is C23H26ClN5. The van der Waals surface area contributed by atoms with Gasteiger partial charge in [-0.15, -0.1) is 0 Å². The molecule has 2 aromatic heterocycles. The number of anilines is 1. The quantitative estimate of drug-likeness (QED) is 0.451. The van der Waals surface area contributed by atoms with Gasteiger partial charge in [0.2, 0.25) is 0 Å². The molecule has 150 valence electrons. The van der Waals surface area contributed by atoms with Crippen molar-refractivity contribution in [3.05, 3.63) is 53.2 Å². The van der Waals surface area contributed by atoms with Gasteiger partial charge in [0.15, 0.2) is 5.82 Å². The monoisotopic (exact) mass is 407 g/mol. The third-order valence-corrected chi connectivity index (χ3v) is 5.50. The lowest BCUT2D eigenvalue weighted by atomic mass is 10.1. The maximum Gasteiger partial charge on any atom is 0.164 e. The third kappa shape index (κ3) is 3.80. The zero-order chi connectivity index (χ0) is 20.5. The average molecular weight is 408 g/mol. The topological polar surface area (TPSA) is 46.0 Å². The Labute approximate surface area is 176 Å². The van der Waals surface area contributed by atoms with Gasteiger partial charge in [0.25, 0.3) is 0 Å². The minimum atomic E-state index is 0.717. The van der Waals surface area contributed by atoms with E-state index >= 15 is 0 Å². The second-order valence-corrected chi connectivity index (χ2v) is 8.15. The van der Waals surface area contributed by atoms with Crippen molar-refractivity contribution >= 4 is 39.2 Å². The number of benzene rings is 2. The largest absolute Gasteiger partial charge is 0.369 e. The number of aromatic nitrogens is 3. The van der Waals surface area contributed by atoms with Gasteiger partial charge in [0.1, 0.15) is 5.82 Å². The summed E-state index contributed by atoms with van der Waals surface area (Å²) >= 11 is 6.45. The third-order valence-electron chi connectivity index (χ3n) is 5.20. The first-order valence-electron chi connectivity index (χ1n) is 9.85.